The number of hydrogen-bond donors (Lipinski definition) is 1. The van der Waals surface area contributed by atoms with Crippen molar-refractivity contribution in [3.05, 3.63) is 37.8 Å². The molecule has 1 aromatic carbocycles. The Labute approximate surface area is 144 Å². The molecule has 0 saturated carbocycles. The lowest BCUT2D eigenvalue weighted by Crippen LogP contribution is -2.12. The summed E-state index contributed by atoms with van der Waals surface area (Å²) in [5.74, 6) is -0.117. The summed E-state index contributed by atoms with van der Waals surface area (Å²) in [5, 5.41) is 11.8. The second-order valence-corrected chi connectivity index (χ2v) is 6.65. The average Bonchev–Trinajstić information content (AvgIpc) is 3.03. The Balaban J connectivity index is 2.01. The normalized spacial score (nSPS) is 11.1. The first-order valence-corrected chi connectivity index (χ1v) is 8.16. The molecule has 0 bridgehead atoms. The molecule has 5 nitrogen and oxygen atoms in total. The van der Waals surface area contributed by atoms with Crippen LogP contribution in [0.5, 0.6) is 0 Å². The average molecular weight is 377 g/mol. The fraction of sp³-hybridized carbons (Fsp3) is 0.154. The molecule has 2 aromatic heterocycles. The number of hydrogen-bond acceptors (Lipinski definition) is 5. The number of rotatable bonds is 3. The van der Waals surface area contributed by atoms with E-state index in [0.29, 0.717) is 32.4 Å². The minimum Gasteiger partial charge on any atom is -0.301 e. The molecule has 0 radical (unpaired) electrons. The van der Waals surface area contributed by atoms with E-state index in [4.69, 9.17) is 34.8 Å². The first-order chi connectivity index (χ1) is 10.5. The Morgan fingerprint density at radius 1 is 1.32 bits per heavy atom. The summed E-state index contributed by atoms with van der Waals surface area (Å²) in [7, 11) is 0. The van der Waals surface area contributed by atoms with Crippen molar-refractivity contribution in [1.29, 1.82) is 0 Å². The third-order valence-corrected chi connectivity index (χ3v) is 5.12. The number of fused-ring (bicyclic) bond motifs is 1. The van der Waals surface area contributed by atoms with Gasteiger partial charge < -0.3 is 5.32 Å². The first kappa shape index (κ1) is 15.6. The van der Waals surface area contributed by atoms with E-state index in [0.717, 1.165) is 4.70 Å². The van der Waals surface area contributed by atoms with Gasteiger partial charge in [0.1, 0.15) is 10.6 Å². The molecule has 3 aromatic rings. The SMILES string of the molecule is CCc1nonc1NC(=O)c1sc2cc(Cl)cc(Cl)c2c1Cl. The van der Waals surface area contributed by atoms with Crippen LogP contribution in [0.4, 0.5) is 5.82 Å². The molecule has 114 valence electrons. The highest BCUT2D eigenvalue weighted by Crippen LogP contribution is 2.41. The molecule has 22 heavy (non-hydrogen) atoms. The molecule has 9 heteroatoms. The van der Waals surface area contributed by atoms with Crippen LogP contribution in [0.25, 0.3) is 10.1 Å². The second-order valence-electron chi connectivity index (χ2n) is 4.37. The van der Waals surface area contributed by atoms with Gasteiger partial charge in [-0.05, 0) is 23.7 Å². The van der Waals surface area contributed by atoms with Gasteiger partial charge in [0.25, 0.3) is 5.91 Å². The van der Waals surface area contributed by atoms with Gasteiger partial charge in [0.05, 0.1) is 10.0 Å². The minimum atomic E-state index is -0.399. The number of nitrogens with one attached hydrogen (secondary N) is 1. The summed E-state index contributed by atoms with van der Waals surface area (Å²) in [6, 6.07) is 3.30. The van der Waals surface area contributed by atoms with Crippen molar-refractivity contribution in [3.63, 3.8) is 0 Å². The third kappa shape index (κ3) is 2.67. The van der Waals surface area contributed by atoms with E-state index in [1.54, 1.807) is 12.1 Å². The molecule has 0 fully saturated rings. The monoisotopic (exact) mass is 375 g/mol. The first-order valence-electron chi connectivity index (χ1n) is 6.21. The minimum absolute atomic E-state index is 0.283. The maximum Gasteiger partial charge on any atom is 0.268 e. The molecule has 0 unspecified atom stereocenters. The van der Waals surface area contributed by atoms with Crippen LogP contribution in [-0.2, 0) is 6.42 Å². The third-order valence-electron chi connectivity index (χ3n) is 2.98. The van der Waals surface area contributed by atoms with Gasteiger partial charge in [0, 0.05) is 15.1 Å². The molecule has 0 atom stereocenters. The number of anilines is 1. The van der Waals surface area contributed by atoms with Gasteiger partial charge in [0.2, 0.25) is 5.82 Å². The van der Waals surface area contributed by atoms with Gasteiger partial charge in [-0.1, -0.05) is 46.9 Å². The molecular weight excluding hydrogens is 369 g/mol. The fourth-order valence-electron chi connectivity index (χ4n) is 1.96. The summed E-state index contributed by atoms with van der Waals surface area (Å²) < 4.78 is 5.35. The maximum absolute atomic E-state index is 12.4. The molecular formula is C13H8Cl3N3O2S. The number of thiophene rings is 1. The molecule has 0 aliphatic carbocycles. The number of aromatic nitrogens is 2. The number of nitrogens with zero attached hydrogens (tertiary/aromatic N) is 2. The number of carbonyl (C=O) groups is 1. The lowest BCUT2D eigenvalue weighted by molar-refractivity contribution is 0.102. The van der Waals surface area contributed by atoms with Crippen LogP contribution in [0.3, 0.4) is 0 Å². The number of amides is 1. The zero-order valence-electron chi connectivity index (χ0n) is 11.1. The second kappa shape index (κ2) is 6.04. The van der Waals surface area contributed by atoms with Crippen molar-refractivity contribution in [3.8, 4) is 0 Å². The van der Waals surface area contributed by atoms with E-state index in [2.05, 4.69) is 20.3 Å². The summed E-state index contributed by atoms with van der Waals surface area (Å²) in [6.45, 7) is 1.88. The smallest absolute Gasteiger partial charge is 0.268 e. The lowest BCUT2D eigenvalue weighted by Gasteiger charge is -2.00. The van der Waals surface area contributed by atoms with Crippen LogP contribution >= 0.6 is 46.1 Å². The molecule has 0 saturated heterocycles. The number of carbonyl (C=O) groups excluding carboxylic acids is 1. The van der Waals surface area contributed by atoms with Crippen LogP contribution in [0.2, 0.25) is 15.1 Å². The van der Waals surface area contributed by atoms with Crippen molar-refractivity contribution >= 4 is 68.0 Å². The van der Waals surface area contributed by atoms with Gasteiger partial charge in [-0.2, -0.15) is 0 Å². The Hall–Kier alpha value is -1.34. The van der Waals surface area contributed by atoms with E-state index in [1.165, 1.54) is 11.3 Å². The van der Waals surface area contributed by atoms with Crippen LogP contribution in [0.15, 0.2) is 16.8 Å². The summed E-state index contributed by atoms with van der Waals surface area (Å²) in [5.41, 5.74) is 0.562. The molecule has 0 aliphatic rings. The standard InChI is InChI=1S/C13H8Cl3N3O2S/c1-2-7-12(19-21-18-7)17-13(20)11-10(16)9-6(15)3-5(14)4-8(9)22-11/h3-4H,2H2,1H3,(H,17,19,20). The predicted octanol–water partition coefficient (Wildman–Crippen LogP) is 5.06. The van der Waals surface area contributed by atoms with Crippen LogP contribution in [0, 0.1) is 0 Å². The zero-order valence-corrected chi connectivity index (χ0v) is 14.2. The maximum atomic E-state index is 12.4. The van der Waals surface area contributed by atoms with E-state index in [9.17, 15) is 4.79 Å². The van der Waals surface area contributed by atoms with Gasteiger partial charge in [-0.3, -0.25) is 4.79 Å². The topological polar surface area (TPSA) is 68.0 Å². The Morgan fingerprint density at radius 3 is 2.82 bits per heavy atom. The summed E-state index contributed by atoms with van der Waals surface area (Å²) >= 11 is 19.6. The molecule has 3 rings (SSSR count). The van der Waals surface area contributed by atoms with Crippen molar-refractivity contribution < 1.29 is 9.42 Å². The van der Waals surface area contributed by atoms with Crippen molar-refractivity contribution in [1.82, 2.24) is 10.3 Å². The quantitative estimate of drug-likeness (QED) is 0.694. The Bertz CT molecular complexity index is 875. The van der Waals surface area contributed by atoms with Crippen molar-refractivity contribution in [2.24, 2.45) is 0 Å². The molecule has 1 amide bonds. The number of aryl methyl sites for hydroxylation is 1. The van der Waals surface area contributed by atoms with E-state index >= 15 is 0 Å². The van der Waals surface area contributed by atoms with Gasteiger partial charge in [-0.25, -0.2) is 4.63 Å². The van der Waals surface area contributed by atoms with E-state index < -0.39 is 5.91 Å². The molecule has 1 N–H and O–H groups in total. The molecule has 0 aliphatic heterocycles. The fourth-order valence-corrected chi connectivity index (χ4v) is 4.23. The molecule has 0 spiro atoms. The van der Waals surface area contributed by atoms with E-state index in [-0.39, 0.29) is 10.8 Å². The van der Waals surface area contributed by atoms with Gasteiger partial charge in [-0.15, -0.1) is 11.3 Å². The largest absolute Gasteiger partial charge is 0.301 e. The van der Waals surface area contributed by atoms with Crippen molar-refractivity contribution in [2.45, 2.75) is 13.3 Å². The highest BCUT2D eigenvalue weighted by atomic mass is 35.5. The van der Waals surface area contributed by atoms with E-state index in [1.807, 2.05) is 6.92 Å². The van der Waals surface area contributed by atoms with Crippen LogP contribution < -0.4 is 5.32 Å². The highest BCUT2D eigenvalue weighted by molar-refractivity contribution is 7.21. The van der Waals surface area contributed by atoms with Gasteiger partial charge in [0.15, 0.2) is 0 Å². The lowest BCUT2D eigenvalue weighted by atomic mass is 10.2. The van der Waals surface area contributed by atoms with Crippen molar-refractivity contribution in [2.75, 3.05) is 5.32 Å². The Kier molecular flexibility index (Phi) is 4.27. The predicted molar refractivity (Wildman–Crippen MR) is 88.5 cm³/mol. The highest BCUT2D eigenvalue weighted by Gasteiger charge is 2.21. The number of benzene rings is 1. The summed E-state index contributed by atoms with van der Waals surface area (Å²) in [4.78, 5) is 12.7. The zero-order chi connectivity index (χ0) is 15.9. The molecule has 2 heterocycles. The Morgan fingerprint density at radius 2 is 2.09 bits per heavy atom. The van der Waals surface area contributed by atoms with Crippen LogP contribution in [-0.4, -0.2) is 16.2 Å². The number of halogens is 3. The van der Waals surface area contributed by atoms with Crippen LogP contribution in [0.1, 0.15) is 22.3 Å². The summed E-state index contributed by atoms with van der Waals surface area (Å²) in [6.07, 6.45) is 0.584. The van der Waals surface area contributed by atoms with Gasteiger partial charge >= 0.3 is 0 Å².